The van der Waals surface area contributed by atoms with Crippen LogP contribution in [0.25, 0.3) is 0 Å². The first kappa shape index (κ1) is 40.6. The Morgan fingerprint density at radius 2 is 1.60 bits per heavy atom. The Bertz CT molecular complexity index is 2010. The van der Waals surface area contributed by atoms with E-state index in [1.165, 1.54) is 83.4 Å². The zero-order chi connectivity index (χ0) is 41.1. The summed E-state index contributed by atoms with van der Waals surface area (Å²) in [6.45, 7) is 3.58. The number of carboxylic acids is 1. The van der Waals surface area contributed by atoms with Gasteiger partial charge in [0.05, 0.1) is 34.2 Å². The maximum atomic E-state index is 13.9. The van der Waals surface area contributed by atoms with E-state index in [-0.39, 0.29) is 49.8 Å². The quantitative estimate of drug-likeness (QED) is 0.0863. The second-order valence-corrected chi connectivity index (χ2v) is 15.4. The summed E-state index contributed by atoms with van der Waals surface area (Å²) >= 11 is 1.17. The summed E-state index contributed by atoms with van der Waals surface area (Å²) in [5, 5.41) is 44.7. The topological polar surface area (TPSA) is 265 Å². The summed E-state index contributed by atoms with van der Waals surface area (Å²) in [7, 11) is 0. The standard InChI is InChI=1S/C36H39N7O13S/c1-19-29-28(20(2)44)33(46)41(29)30(34(47)48)31(19)57-26-13-27(40(15-26)36(50)56-17-22-5-9-25(10-6-22)43(53)54)32(45)38-23-11-12-39(14-23)18-37-35(49)55-16-21-3-7-24(8-4-21)42(51)52/h3-10,18-20,23,26-29,44H,11-17H2,1-2H3,(H,38,45)(H,47,48)/t19-,20-,23-,26+,27+,28-,29-/m1/s1. The van der Waals surface area contributed by atoms with E-state index in [2.05, 4.69) is 10.3 Å². The van der Waals surface area contributed by atoms with Crippen molar-refractivity contribution >= 4 is 59.4 Å². The number of fused-ring (bicyclic) bond motifs is 1. The number of aliphatic hydroxyl groups excluding tert-OH is 1. The molecule has 0 aromatic heterocycles. The lowest BCUT2D eigenvalue weighted by atomic mass is 9.79. The molecule has 7 atom stereocenters. The van der Waals surface area contributed by atoms with Crippen LogP contribution in [-0.2, 0) is 37.1 Å². The summed E-state index contributed by atoms with van der Waals surface area (Å²) in [4.78, 5) is 94.1. The monoisotopic (exact) mass is 809 g/mol. The number of aliphatic carboxylic acids is 1. The Morgan fingerprint density at radius 1 is 1.00 bits per heavy atom. The molecule has 57 heavy (non-hydrogen) atoms. The first-order valence-corrected chi connectivity index (χ1v) is 18.8. The highest BCUT2D eigenvalue weighted by molar-refractivity contribution is 8.03. The van der Waals surface area contributed by atoms with E-state index in [9.17, 15) is 54.4 Å². The zero-order valence-electron chi connectivity index (χ0n) is 30.7. The van der Waals surface area contributed by atoms with E-state index in [4.69, 9.17) is 9.47 Å². The van der Waals surface area contributed by atoms with Crippen molar-refractivity contribution in [2.75, 3.05) is 19.6 Å². The number of carbonyl (C=O) groups is 5. The van der Waals surface area contributed by atoms with Crippen LogP contribution < -0.4 is 5.32 Å². The summed E-state index contributed by atoms with van der Waals surface area (Å²) in [6, 6.07) is 8.98. The zero-order valence-corrected chi connectivity index (χ0v) is 31.5. The van der Waals surface area contributed by atoms with Gasteiger partial charge in [0.1, 0.15) is 25.0 Å². The van der Waals surface area contributed by atoms with Crippen molar-refractivity contribution in [1.82, 2.24) is 20.0 Å². The van der Waals surface area contributed by atoms with Gasteiger partial charge in [0.15, 0.2) is 0 Å². The van der Waals surface area contributed by atoms with E-state index in [0.717, 1.165) is 0 Å². The molecule has 302 valence electrons. The van der Waals surface area contributed by atoms with Gasteiger partial charge >= 0.3 is 18.2 Å². The van der Waals surface area contributed by atoms with Crippen molar-refractivity contribution in [1.29, 1.82) is 0 Å². The molecule has 4 heterocycles. The first-order valence-electron chi connectivity index (χ1n) is 17.9. The SMILES string of the molecule is C[C@@H](O)[C@H]1C(=O)N2C(C(=O)O)=C(S[C@H]3C[C@@H](C(=O)N[C@@H]4CCN(C=NC(=O)OCc5ccc([N+](=O)[O-])cc5)C4)N(C(=O)OCc4ccc([N+](=O)[O-])cc4)C3)[C@H](C)[C@H]12. The molecule has 0 spiro atoms. The fraction of sp³-hybridized carbons (Fsp3) is 0.444. The molecule has 3 N–H and O–H groups in total. The van der Waals surface area contributed by atoms with Gasteiger partial charge in [-0.2, -0.15) is 4.99 Å². The number of benzene rings is 2. The number of aliphatic imine (C=N–C) groups is 1. The highest BCUT2D eigenvalue weighted by Gasteiger charge is 2.60. The smallest absolute Gasteiger partial charge is 0.435 e. The fourth-order valence-electron chi connectivity index (χ4n) is 7.47. The van der Waals surface area contributed by atoms with Crippen LogP contribution in [0.3, 0.4) is 0 Å². The minimum Gasteiger partial charge on any atom is -0.477 e. The van der Waals surface area contributed by atoms with Crippen molar-refractivity contribution in [3.8, 4) is 0 Å². The number of β-lactam (4-membered cyclic amide) rings is 1. The lowest BCUT2D eigenvalue weighted by Gasteiger charge is -2.46. The Balaban J connectivity index is 1.10. The molecule has 0 aliphatic carbocycles. The summed E-state index contributed by atoms with van der Waals surface area (Å²) < 4.78 is 10.7. The van der Waals surface area contributed by atoms with E-state index < -0.39 is 81.1 Å². The van der Waals surface area contributed by atoms with Gasteiger partial charge in [-0.15, -0.1) is 11.8 Å². The number of carbonyl (C=O) groups excluding carboxylic acids is 4. The Kier molecular flexibility index (Phi) is 12.1. The van der Waals surface area contributed by atoms with Crippen molar-refractivity contribution in [3.63, 3.8) is 0 Å². The van der Waals surface area contributed by atoms with Gasteiger partial charge in [0.2, 0.25) is 11.8 Å². The van der Waals surface area contributed by atoms with Gasteiger partial charge in [-0.3, -0.25) is 34.7 Å². The first-order chi connectivity index (χ1) is 27.1. The largest absolute Gasteiger partial charge is 0.477 e. The highest BCUT2D eigenvalue weighted by Crippen LogP contribution is 2.52. The molecule has 4 aliphatic heterocycles. The molecule has 0 bridgehead atoms. The molecular formula is C36H39N7O13S. The molecule has 4 aliphatic rings. The molecule has 4 amide bonds. The van der Waals surface area contributed by atoms with Crippen LogP contribution in [0.1, 0.15) is 37.8 Å². The number of nitrogens with zero attached hydrogens (tertiary/aromatic N) is 6. The second-order valence-electron chi connectivity index (χ2n) is 14.1. The Morgan fingerprint density at radius 3 is 2.16 bits per heavy atom. The van der Waals surface area contributed by atoms with Crippen LogP contribution in [0.5, 0.6) is 0 Å². The predicted molar refractivity (Wildman–Crippen MR) is 199 cm³/mol. The molecule has 0 radical (unpaired) electrons. The molecule has 3 fully saturated rings. The molecular weight excluding hydrogens is 770 g/mol. The second kappa shape index (κ2) is 17.0. The van der Waals surface area contributed by atoms with Gasteiger partial charge in [-0.1, -0.05) is 6.92 Å². The molecule has 2 aromatic carbocycles. The van der Waals surface area contributed by atoms with E-state index in [1.54, 1.807) is 11.8 Å². The number of non-ortho nitro benzene ring substituents is 2. The third kappa shape index (κ3) is 8.83. The maximum absolute atomic E-state index is 13.9. The van der Waals surface area contributed by atoms with Crippen LogP contribution >= 0.6 is 11.8 Å². The number of ether oxygens (including phenoxy) is 2. The average Bonchev–Trinajstić information content (AvgIpc) is 3.87. The summed E-state index contributed by atoms with van der Waals surface area (Å²) in [6.07, 6.45) is -0.810. The number of aliphatic hydroxyl groups is 1. The van der Waals surface area contributed by atoms with E-state index in [0.29, 0.717) is 29.0 Å². The van der Waals surface area contributed by atoms with E-state index >= 15 is 0 Å². The summed E-state index contributed by atoms with van der Waals surface area (Å²) in [5.41, 5.74) is 0.592. The van der Waals surface area contributed by atoms with Gasteiger partial charge in [0.25, 0.3) is 11.4 Å². The molecule has 2 aromatic rings. The third-order valence-electron chi connectivity index (χ3n) is 10.3. The van der Waals surface area contributed by atoms with Crippen LogP contribution in [0, 0.1) is 32.1 Å². The van der Waals surface area contributed by atoms with Crippen molar-refractivity contribution < 1.29 is 53.5 Å². The van der Waals surface area contributed by atoms with E-state index in [1.807, 2.05) is 0 Å². The minimum absolute atomic E-state index is 0.00511. The van der Waals surface area contributed by atoms with Crippen LogP contribution in [0.2, 0.25) is 0 Å². The molecule has 0 unspecified atom stereocenters. The predicted octanol–water partition coefficient (Wildman–Crippen LogP) is 3.03. The average molecular weight is 810 g/mol. The van der Waals surface area contributed by atoms with Crippen molar-refractivity contribution in [3.05, 3.63) is 90.5 Å². The lowest BCUT2D eigenvalue weighted by Crippen LogP contribution is -2.63. The molecule has 3 saturated heterocycles. The molecule has 21 heteroatoms. The maximum Gasteiger partial charge on any atom is 0.435 e. The van der Waals surface area contributed by atoms with Gasteiger partial charge in [-0.05, 0) is 55.2 Å². The van der Waals surface area contributed by atoms with Crippen LogP contribution in [-0.4, -0.2) is 120 Å². The van der Waals surface area contributed by atoms with Crippen LogP contribution in [0.15, 0.2) is 64.1 Å². The van der Waals surface area contributed by atoms with Gasteiger partial charge in [0, 0.05) is 66.0 Å². The number of rotatable bonds is 13. The Labute approximate surface area is 328 Å². The number of carboxylic acid groups (broad SMARTS) is 1. The number of thioether (sulfide) groups is 1. The van der Waals surface area contributed by atoms with Crippen molar-refractivity contribution in [2.24, 2.45) is 16.8 Å². The van der Waals surface area contributed by atoms with Crippen molar-refractivity contribution in [2.45, 2.75) is 69.4 Å². The number of hydrogen-bond donors (Lipinski definition) is 3. The highest BCUT2D eigenvalue weighted by atomic mass is 32.2. The van der Waals surface area contributed by atoms with Gasteiger partial charge < -0.3 is 34.8 Å². The number of nitrogens with one attached hydrogen (secondary N) is 1. The molecule has 0 saturated carbocycles. The minimum atomic E-state index is -1.30. The fourth-order valence-corrected chi connectivity index (χ4v) is 8.99. The summed E-state index contributed by atoms with van der Waals surface area (Å²) in [5.74, 6) is -3.46. The molecule has 20 nitrogen and oxygen atoms in total. The third-order valence-corrected chi connectivity index (χ3v) is 11.8. The van der Waals surface area contributed by atoms with Crippen LogP contribution in [0.4, 0.5) is 21.0 Å². The number of hydrogen-bond acceptors (Lipinski definition) is 13. The molecule has 6 rings (SSSR count). The normalized spacial score (nSPS) is 24.6. The number of nitro groups is 2. The number of amides is 4. The van der Waals surface area contributed by atoms with Gasteiger partial charge in [-0.25, -0.2) is 14.4 Å². The Hall–Kier alpha value is -6.09. The lowest BCUT2D eigenvalue weighted by molar-refractivity contribution is -0.385. The number of nitro benzene ring substituents is 2. The number of likely N-dealkylation sites (tertiary alicyclic amines) is 2.